The molecule has 0 radical (unpaired) electrons. The van der Waals surface area contributed by atoms with Gasteiger partial charge in [0, 0.05) is 58.0 Å². The molecule has 0 saturated carbocycles. The van der Waals surface area contributed by atoms with Crippen LogP contribution in [-0.2, 0) is 22.8 Å². The molecule has 20 heteroatoms. The number of anilines is 1. The van der Waals surface area contributed by atoms with Crippen LogP contribution in [0.15, 0.2) is 48.9 Å². The normalized spacial score (nSPS) is 18.5. The Kier molecular flexibility index (Phi) is 11.9. The number of likely N-dealkylation sites (tertiary alicyclic amines) is 1. The van der Waals surface area contributed by atoms with Gasteiger partial charge in [0.25, 0.3) is 17.7 Å². The second-order valence-corrected chi connectivity index (χ2v) is 13.4. The molecule has 6 rings (SSSR count). The number of benzene rings is 1. The van der Waals surface area contributed by atoms with Gasteiger partial charge in [-0.1, -0.05) is 11.6 Å². The van der Waals surface area contributed by atoms with E-state index in [2.05, 4.69) is 20.4 Å². The number of pyridine rings is 1. The summed E-state index contributed by atoms with van der Waals surface area (Å²) in [6.07, 6.45) is -0.894. The number of rotatable bonds is 8. The molecule has 5 heterocycles. The summed E-state index contributed by atoms with van der Waals surface area (Å²) < 4.78 is 49.9. The fraction of sp³-hybridized carbons (Fsp3) is 0.382. The van der Waals surface area contributed by atoms with E-state index >= 15 is 0 Å². The third-order valence-electron chi connectivity index (χ3n) is 9.19. The van der Waals surface area contributed by atoms with Gasteiger partial charge in [0.15, 0.2) is 23.9 Å². The first-order valence-corrected chi connectivity index (χ1v) is 16.9. The van der Waals surface area contributed by atoms with Crippen molar-refractivity contribution in [3.8, 4) is 22.8 Å². The molecule has 4 aromatic rings. The van der Waals surface area contributed by atoms with Crippen molar-refractivity contribution in [1.82, 2.24) is 34.1 Å². The average Bonchev–Trinajstić information content (AvgIpc) is 3.84. The molecule has 0 bridgehead atoms. The van der Waals surface area contributed by atoms with Crippen molar-refractivity contribution in [3.05, 3.63) is 71.0 Å². The first-order valence-electron chi connectivity index (χ1n) is 16.5. The van der Waals surface area contributed by atoms with Gasteiger partial charge in [-0.15, -0.1) is 0 Å². The number of aliphatic hydroxyl groups excluding tert-OH is 1. The molecule has 2 saturated heterocycles. The first-order chi connectivity index (χ1) is 25.6. The number of aliphatic hydroxyl groups is 1. The van der Waals surface area contributed by atoms with Crippen molar-refractivity contribution in [2.75, 3.05) is 65.3 Å². The average molecular weight is 776 g/mol. The zero-order chi connectivity index (χ0) is 39.4. The van der Waals surface area contributed by atoms with Crippen LogP contribution < -0.4 is 15.2 Å². The van der Waals surface area contributed by atoms with Gasteiger partial charge in [0.2, 0.25) is 0 Å². The molecule has 54 heavy (non-hydrogen) atoms. The summed E-state index contributed by atoms with van der Waals surface area (Å²) in [6, 6.07) is 7.36. The molecule has 2 aliphatic rings. The maximum atomic E-state index is 14.1. The minimum absolute atomic E-state index is 0.0152. The number of carbonyl (C=O) groups excluding carboxylic acids is 4. The van der Waals surface area contributed by atoms with Gasteiger partial charge in [-0.25, -0.2) is 14.6 Å². The first kappa shape index (κ1) is 39.7. The van der Waals surface area contributed by atoms with Crippen LogP contribution >= 0.6 is 11.6 Å². The number of imidazole rings is 1. The van der Waals surface area contributed by atoms with E-state index in [-0.39, 0.29) is 51.0 Å². The lowest BCUT2D eigenvalue weighted by atomic mass is 10.1. The topological polar surface area (TPSA) is 188 Å². The Morgan fingerprint density at radius 1 is 1.11 bits per heavy atom. The van der Waals surface area contributed by atoms with Crippen LogP contribution in [0.1, 0.15) is 33.1 Å². The summed E-state index contributed by atoms with van der Waals surface area (Å²) in [7, 11) is 4.80. The molecule has 0 spiro atoms. The minimum atomic E-state index is -4.82. The molecule has 288 valence electrons. The van der Waals surface area contributed by atoms with Crippen LogP contribution in [0.3, 0.4) is 0 Å². The van der Waals surface area contributed by atoms with Gasteiger partial charge in [-0.05, 0) is 30.3 Å². The lowest BCUT2D eigenvalue weighted by Crippen LogP contribution is -2.55. The summed E-state index contributed by atoms with van der Waals surface area (Å²) in [6.45, 7) is 2.45. The molecular formula is C34H37ClF3N9O7. The minimum Gasteiger partial charge on any atom is -0.554 e. The molecule has 16 nitrogen and oxygen atoms in total. The highest BCUT2D eigenvalue weighted by Gasteiger charge is 2.39. The smallest absolute Gasteiger partial charge is 0.435 e. The van der Waals surface area contributed by atoms with E-state index < -0.39 is 30.4 Å². The standard InChI is InChI=1S/C33H35ClF3N9O5.CH2O2/c1-42-26(24-17-45(41-29(24)33(35,36)37)27-7-5-22(51-3)15-38-27)16-39-30(42)31(49)40-20-4-6-23(25(34)14-20)32(50)44-11-9-43(10-12-44)28(48)19-46(2)13-8-21(47)18-46;2-1-3/h4-7,14-17,21,47H,8-13,18-19H2,1-3H3;1H,(H,2,3)/t21-,46?;/m1./s1. The number of likely N-dealkylation sites (N-methyl/N-ethyl adjacent to an activating group) is 1. The molecule has 1 aromatic carbocycles. The Morgan fingerprint density at radius 2 is 1.80 bits per heavy atom. The van der Waals surface area contributed by atoms with Crippen molar-refractivity contribution in [2.24, 2.45) is 7.05 Å². The fourth-order valence-electron chi connectivity index (χ4n) is 6.39. The summed E-state index contributed by atoms with van der Waals surface area (Å²) in [5, 5.41) is 24.6. The fourth-order valence-corrected chi connectivity index (χ4v) is 6.65. The van der Waals surface area contributed by atoms with E-state index in [9.17, 15) is 32.7 Å². The molecule has 0 aliphatic carbocycles. The number of nitrogens with zero attached hydrogens (tertiary/aromatic N) is 8. The number of carboxylic acid groups (broad SMARTS) is 1. The molecular weight excluding hydrogens is 739 g/mol. The number of hydrogen-bond acceptors (Lipinski definition) is 10. The van der Waals surface area contributed by atoms with E-state index in [0.717, 1.165) is 23.6 Å². The lowest BCUT2D eigenvalue weighted by Gasteiger charge is -2.37. The summed E-state index contributed by atoms with van der Waals surface area (Å²) in [5.74, 6) is -0.716. The van der Waals surface area contributed by atoms with Gasteiger partial charge in [-0.2, -0.15) is 18.3 Å². The second-order valence-electron chi connectivity index (χ2n) is 13.0. The maximum Gasteiger partial charge on any atom is 0.435 e. The summed E-state index contributed by atoms with van der Waals surface area (Å²) in [4.78, 5) is 59.3. The Morgan fingerprint density at radius 3 is 2.37 bits per heavy atom. The highest BCUT2D eigenvalue weighted by molar-refractivity contribution is 6.34. The van der Waals surface area contributed by atoms with Crippen molar-refractivity contribution in [1.29, 1.82) is 0 Å². The molecule has 1 unspecified atom stereocenters. The van der Waals surface area contributed by atoms with Crippen LogP contribution in [0.5, 0.6) is 5.75 Å². The lowest BCUT2D eigenvalue weighted by molar-refractivity contribution is -0.891. The number of hydrogen-bond donors (Lipinski definition) is 2. The highest BCUT2D eigenvalue weighted by atomic mass is 35.5. The van der Waals surface area contributed by atoms with E-state index in [1.54, 1.807) is 9.80 Å². The van der Waals surface area contributed by atoms with Gasteiger partial charge in [-0.3, -0.25) is 14.4 Å². The number of piperazine rings is 1. The molecule has 2 fully saturated rings. The van der Waals surface area contributed by atoms with Crippen LogP contribution in [0.4, 0.5) is 18.9 Å². The molecule has 3 amide bonds. The van der Waals surface area contributed by atoms with E-state index in [4.69, 9.17) is 26.2 Å². The van der Waals surface area contributed by atoms with Gasteiger partial charge >= 0.3 is 6.18 Å². The number of carbonyl (C=O) groups is 4. The zero-order valence-corrected chi connectivity index (χ0v) is 30.2. The van der Waals surface area contributed by atoms with Gasteiger partial charge < -0.3 is 43.9 Å². The third kappa shape index (κ3) is 8.80. The monoisotopic (exact) mass is 775 g/mol. The number of ether oxygens (including phenoxy) is 1. The number of nitrogens with one attached hydrogen (secondary N) is 1. The Hall–Kier alpha value is -5.53. The number of amides is 3. The number of halogens is 4. The van der Waals surface area contributed by atoms with Crippen LogP contribution in [0.2, 0.25) is 5.02 Å². The maximum absolute atomic E-state index is 14.1. The van der Waals surface area contributed by atoms with E-state index in [1.165, 1.54) is 55.3 Å². The van der Waals surface area contributed by atoms with Crippen molar-refractivity contribution in [3.63, 3.8) is 0 Å². The Balaban J connectivity index is 0.00000181. The SMILES string of the molecule is COc1ccc(-n2cc(-c3cnc(C(=O)Nc4ccc(C(=O)N5CCN(C(=O)C[N+]6(C)CC[C@@H](O)C6)CC5)c(Cl)c4)n3C)c(C(F)(F)F)n2)nc1.O=C[O-]. The number of aromatic nitrogens is 5. The Labute approximate surface area is 311 Å². The Bertz CT molecular complexity index is 2010. The number of methoxy groups -OCH3 is 1. The van der Waals surface area contributed by atoms with Crippen LogP contribution in [0, 0.1) is 0 Å². The molecule has 3 aromatic heterocycles. The van der Waals surface area contributed by atoms with Crippen molar-refractivity contribution < 1.29 is 51.8 Å². The van der Waals surface area contributed by atoms with E-state index in [0.29, 0.717) is 55.9 Å². The van der Waals surface area contributed by atoms with E-state index in [1.807, 2.05) is 7.05 Å². The van der Waals surface area contributed by atoms with Crippen molar-refractivity contribution in [2.45, 2.75) is 18.7 Å². The summed E-state index contributed by atoms with van der Waals surface area (Å²) in [5.41, 5.74) is -1.07. The predicted octanol–water partition coefficient (Wildman–Crippen LogP) is 1.46. The predicted molar refractivity (Wildman–Crippen MR) is 184 cm³/mol. The van der Waals surface area contributed by atoms with Gasteiger partial charge in [0.05, 0.1) is 54.9 Å². The molecule has 2 N–H and O–H groups in total. The molecule has 2 atom stereocenters. The van der Waals surface area contributed by atoms with Gasteiger partial charge in [0.1, 0.15) is 18.4 Å². The summed E-state index contributed by atoms with van der Waals surface area (Å²) >= 11 is 6.49. The van der Waals surface area contributed by atoms with Crippen LogP contribution in [-0.4, -0.2) is 134 Å². The second kappa shape index (κ2) is 16.2. The third-order valence-corrected chi connectivity index (χ3v) is 9.50. The van der Waals surface area contributed by atoms with Crippen LogP contribution in [0.25, 0.3) is 17.1 Å². The zero-order valence-electron chi connectivity index (χ0n) is 29.4. The highest BCUT2D eigenvalue weighted by Crippen LogP contribution is 2.37. The number of alkyl halides is 3. The number of quaternary nitrogens is 1. The quantitative estimate of drug-likeness (QED) is 0.196. The molecule has 2 aliphatic heterocycles. The van der Waals surface area contributed by atoms with Crippen molar-refractivity contribution >= 4 is 41.5 Å². The largest absolute Gasteiger partial charge is 0.554 e.